The minimum absolute atomic E-state index is 0.0491. The predicted molar refractivity (Wildman–Crippen MR) is 114 cm³/mol. The fourth-order valence-electron chi connectivity index (χ4n) is 3.09. The van der Waals surface area contributed by atoms with Gasteiger partial charge < -0.3 is 10.6 Å². The Bertz CT molecular complexity index is 854. The monoisotopic (exact) mass is 446 g/mol. The average molecular weight is 447 g/mol. The summed E-state index contributed by atoms with van der Waals surface area (Å²) in [6, 6.07) is 12.2. The summed E-state index contributed by atoms with van der Waals surface area (Å²) < 4.78 is 0.917. The zero-order valence-corrected chi connectivity index (χ0v) is 17.7. The first-order valence-electron chi connectivity index (χ1n) is 9.08. The fourth-order valence-corrected chi connectivity index (χ4v) is 4.25. The number of aryl methyl sites for hydroxylation is 3. The zero-order chi connectivity index (χ0) is 19.2. The molecule has 0 bridgehead atoms. The number of hydrogen-bond donors (Lipinski definition) is 2. The lowest BCUT2D eigenvalue weighted by molar-refractivity contribution is -0.119. The van der Waals surface area contributed by atoms with Crippen LogP contribution in [0.1, 0.15) is 29.5 Å². The van der Waals surface area contributed by atoms with Gasteiger partial charge in [-0.25, -0.2) is 0 Å². The van der Waals surface area contributed by atoms with E-state index < -0.39 is 0 Å². The van der Waals surface area contributed by atoms with Crippen LogP contribution >= 0.6 is 27.7 Å². The second kappa shape index (κ2) is 9.42. The van der Waals surface area contributed by atoms with Gasteiger partial charge in [0.1, 0.15) is 0 Å². The van der Waals surface area contributed by atoms with Crippen molar-refractivity contribution in [2.45, 2.75) is 37.5 Å². The Morgan fingerprint density at radius 1 is 1.07 bits per heavy atom. The molecule has 2 aromatic rings. The highest BCUT2D eigenvalue weighted by Crippen LogP contribution is 2.27. The number of carbonyl (C=O) groups is 2. The van der Waals surface area contributed by atoms with Crippen LogP contribution in [0.5, 0.6) is 0 Å². The van der Waals surface area contributed by atoms with E-state index in [9.17, 15) is 9.59 Å². The maximum absolute atomic E-state index is 12.1. The molecule has 0 saturated heterocycles. The molecule has 142 valence electrons. The topological polar surface area (TPSA) is 58.2 Å². The van der Waals surface area contributed by atoms with Crippen LogP contribution in [-0.2, 0) is 22.4 Å². The lowest BCUT2D eigenvalue weighted by Gasteiger charge is -2.10. The fraction of sp³-hybridized carbons (Fsp3) is 0.333. The van der Waals surface area contributed by atoms with Crippen LogP contribution in [0.25, 0.3) is 0 Å². The summed E-state index contributed by atoms with van der Waals surface area (Å²) in [6.45, 7) is 2.28. The second-order valence-corrected chi connectivity index (χ2v) is 8.64. The number of hydrogen-bond acceptors (Lipinski definition) is 3. The van der Waals surface area contributed by atoms with Crippen LogP contribution in [0.4, 0.5) is 5.69 Å². The van der Waals surface area contributed by atoms with Gasteiger partial charge in [0.2, 0.25) is 11.8 Å². The molecule has 3 rings (SSSR count). The number of rotatable bonds is 7. The largest absolute Gasteiger partial charge is 0.355 e. The predicted octanol–water partition coefficient (Wildman–Crippen LogP) is 4.48. The van der Waals surface area contributed by atoms with E-state index in [1.165, 1.54) is 24.0 Å². The van der Waals surface area contributed by atoms with Gasteiger partial charge in [-0.15, -0.1) is 11.8 Å². The average Bonchev–Trinajstić information content (AvgIpc) is 3.11. The molecule has 0 radical (unpaired) electrons. The van der Waals surface area contributed by atoms with Crippen molar-refractivity contribution in [3.05, 3.63) is 57.6 Å². The summed E-state index contributed by atoms with van der Waals surface area (Å²) in [4.78, 5) is 25.2. The van der Waals surface area contributed by atoms with E-state index in [4.69, 9.17) is 0 Å². The SMILES string of the molecule is Cc1ccc(Br)cc1NC(=O)CCNC(=O)CSc1ccc2c(c1)CCC2. The van der Waals surface area contributed by atoms with Gasteiger partial charge in [-0.05, 0) is 67.1 Å². The van der Waals surface area contributed by atoms with E-state index in [2.05, 4.69) is 44.8 Å². The standard InChI is InChI=1S/C21H23BrN2O2S/c1-14-5-7-17(22)12-19(14)24-20(25)9-10-23-21(26)13-27-18-8-6-15-3-2-4-16(15)11-18/h5-8,11-12H,2-4,9-10,13H2,1H3,(H,23,26)(H,24,25). The number of amides is 2. The van der Waals surface area contributed by atoms with Crippen molar-refractivity contribution in [1.82, 2.24) is 5.32 Å². The number of halogens is 1. The molecule has 1 aliphatic rings. The lowest BCUT2D eigenvalue weighted by Crippen LogP contribution is -2.29. The van der Waals surface area contributed by atoms with E-state index >= 15 is 0 Å². The molecule has 2 amide bonds. The molecule has 2 aromatic carbocycles. The minimum atomic E-state index is -0.109. The van der Waals surface area contributed by atoms with Crippen LogP contribution in [0, 0.1) is 6.92 Å². The number of thioether (sulfide) groups is 1. The maximum atomic E-state index is 12.1. The minimum Gasteiger partial charge on any atom is -0.355 e. The first-order valence-corrected chi connectivity index (χ1v) is 10.9. The Hall–Kier alpha value is -1.79. The molecule has 4 nitrogen and oxygen atoms in total. The van der Waals surface area contributed by atoms with Gasteiger partial charge in [-0.2, -0.15) is 0 Å². The van der Waals surface area contributed by atoms with Gasteiger partial charge >= 0.3 is 0 Å². The molecule has 0 aromatic heterocycles. The zero-order valence-electron chi connectivity index (χ0n) is 15.3. The third-order valence-electron chi connectivity index (χ3n) is 4.59. The molecular formula is C21H23BrN2O2S. The lowest BCUT2D eigenvalue weighted by atomic mass is 10.1. The molecule has 0 unspecified atom stereocenters. The van der Waals surface area contributed by atoms with E-state index in [-0.39, 0.29) is 18.2 Å². The number of carbonyl (C=O) groups excluding carboxylic acids is 2. The van der Waals surface area contributed by atoms with Crippen molar-refractivity contribution in [3.63, 3.8) is 0 Å². The van der Waals surface area contributed by atoms with Gasteiger partial charge in [0.15, 0.2) is 0 Å². The molecule has 2 N–H and O–H groups in total. The quantitative estimate of drug-likeness (QED) is 0.616. The summed E-state index contributed by atoms with van der Waals surface area (Å²) >= 11 is 4.94. The third kappa shape index (κ3) is 5.84. The van der Waals surface area contributed by atoms with E-state index in [1.807, 2.05) is 25.1 Å². The second-order valence-electron chi connectivity index (χ2n) is 6.68. The molecule has 0 spiro atoms. The Morgan fingerprint density at radius 2 is 1.89 bits per heavy atom. The molecule has 1 aliphatic carbocycles. The van der Waals surface area contributed by atoms with Crippen molar-refractivity contribution in [3.8, 4) is 0 Å². The summed E-state index contributed by atoms with van der Waals surface area (Å²) in [5.41, 5.74) is 4.64. The molecule has 0 fully saturated rings. The van der Waals surface area contributed by atoms with Gasteiger partial charge in [0.05, 0.1) is 5.75 Å². The highest BCUT2D eigenvalue weighted by Gasteiger charge is 2.12. The summed E-state index contributed by atoms with van der Waals surface area (Å²) in [6.07, 6.45) is 3.79. The molecule has 0 heterocycles. The summed E-state index contributed by atoms with van der Waals surface area (Å²) in [5.74, 6) is 0.209. The molecule has 27 heavy (non-hydrogen) atoms. The molecular weight excluding hydrogens is 424 g/mol. The smallest absolute Gasteiger partial charge is 0.230 e. The van der Waals surface area contributed by atoms with Crippen LogP contribution in [0.2, 0.25) is 0 Å². The highest BCUT2D eigenvalue weighted by atomic mass is 79.9. The number of nitrogens with one attached hydrogen (secondary N) is 2. The normalized spacial score (nSPS) is 12.5. The van der Waals surface area contributed by atoms with E-state index in [0.717, 1.165) is 27.0 Å². The Labute approximate surface area is 172 Å². The Balaban J connectivity index is 1.38. The third-order valence-corrected chi connectivity index (χ3v) is 6.07. The van der Waals surface area contributed by atoms with Crippen molar-refractivity contribution >= 4 is 45.2 Å². The van der Waals surface area contributed by atoms with Crippen molar-refractivity contribution in [2.75, 3.05) is 17.6 Å². The molecule has 0 aliphatic heterocycles. The van der Waals surface area contributed by atoms with Gasteiger partial charge in [0, 0.05) is 28.0 Å². The van der Waals surface area contributed by atoms with Crippen molar-refractivity contribution in [1.29, 1.82) is 0 Å². The number of benzene rings is 2. The highest BCUT2D eigenvalue weighted by molar-refractivity contribution is 9.10. The first kappa shape index (κ1) is 20.0. The molecule has 6 heteroatoms. The first-order chi connectivity index (χ1) is 13.0. The van der Waals surface area contributed by atoms with E-state index in [1.54, 1.807) is 11.8 Å². The summed E-state index contributed by atoms with van der Waals surface area (Å²) in [5, 5.41) is 5.70. The molecule has 0 atom stereocenters. The van der Waals surface area contributed by atoms with Crippen LogP contribution < -0.4 is 10.6 Å². The van der Waals surface area contributed by atoms with Crippen LogP contribution in [-0.4, -0.2) is 24.1 Å². The Morgan fingerprint density at radius 3 is 2.74 bits per heavy atom. The van der Waals surface area contributed by atoms with Crippen LogP contribution in [0.3, 0.4) is 0 Å². The van der Waals surface area contributed by atoms with E-state index in [0.29, 0.717) is 12.3 Å². The van der Waals surface area contributed by atoms with Gasteiger partial charge in [-0.1, -0.05) is 28.1 Å². The Kier molecular flexibility index (Phi) is 6.96. The number of anilines is 1. The van der Waals surface area contributed by atoms with Gasteiger partial charge in [0.25, 0.3) is 0 Å². The van der Waals surface area contributed by atoms with Crippen molar-refractivity contribution < 1.29 is 9.59 Å². The van der Waals surface area contributed by atoms with Crippen molar-refractivity contribution in [2.24, 2.45) is 0 Å². The summed E-state index contributed by atoms with van der Waals surface area (Å²) in [7, 11) is 0. The number of fused-ring (bicyclic) bond motifs is 1. The maximum Gasteiger partial charge on any atom is 0.230 e. The van der Waals surface area contributed by atoms with Gasteiger partial charge in [-0.3, -0.25) is 9.59 Å². The molecule has 0 saturated carbocycles. The van der Waals surface area contributed by atoms with Crippen LogP contribution in [0.15, 0.2) is 45.8 Å².